The summed E-state index contributed by atoms with van der Waals surface area (Å²) in [6.45, 7) is 0.873. The van der Waals surface area contributed by atoms with Crippen LogP contribution in [0.4, 0.5) is 5.69 Å². The Bertz CT molecular complexity index is 1370. The Balaban J connectivity index is 1.31. The van der Waals surface area contributed by atoms with Crippen molar-refractivity contribution < 1.29 is 17.9 Å². The monoisotopic (exact) mass is 653 g/mol. The molecule has 1 aliphatic rings. The van der Waals surface area contributed by atoms with Gasteiger partial charge in [0.15, 0.2) is 11.7 Å². The minimum Gasteiger partial charge on any atom is -0.483 e. The summed E-state index contributed by atoms with van der Waals surface area (Å²) in [6.07, 6.45) is 3.88. The lowest BCUT2D eigenvalue weighted by Gasteiger charge is -2.20. The number of hydrogen-bond donors (Lipinski definition) is 2. The zero-order chi connectivity index (χ0) is 25.7. The third-order valence-corrected chi connectivity index (χ3v) is 9.24. The standard InChI is InChI=1S/C25H25Br2N3O4S2/c26-18-6-11-21-17(15-18)5-12-22(24(21)27)34-16-23(31)29-25(35)28-19-7-9-20(10-8-19)36(32,33)30-13-3-1-2-4-14-30/h5-12,15H,1-4,13-14,16H2,(H2,28,29,31,35). The number of nitrogens with zero attached hydrogens (tertiary/aromatic N) is 1. The maximum absolute atomic E-state index is 12.9. The molecule has 0 saturated carbocycles. The largest absolute Gasteiger partial charge is 0.483 e. The number of fused-ring (bicyclic) bond motifs is 1. The minimum atomic E-state index is -3.52. The van der Waals surface area contributed by atoms with E-state index in [1.54, 1.807) is 34.6 Å². The molecule has 3 aromatic rings. The van der Waals surface area contributed by atoms with Gasteiger partial charge in [-0.1, -0.05) is 40.9 Å². The molecule has 11 heteroatoms. The molecule has 0 aromatic heterocycles. The van der Waals surface area contributed by atoms with Crippen LogP contribution >= 0.6 is 44.1 Å². The minimum absolute atomic E-state index is 0.0918. The van der Waals surface area contributed by atoms with Gasteiger partial charge in [-0.15, -0.1) is 0 Å². The summed E-state index contributed by atoms with van der Waals surface area (Å²) in [6, 6.07) is 16.0. The van der Waals surface area contributed by atoms with E-state index in [1.165, 1.54) is 0 Å². The number of carbonyl (C=O) groups excluding carboxylic acids is 1. The highest BCUT2D eigenvalue weighted by Crippen LogP contribution is 2.34. The third kappa shape index (κ3) is 6.63. The van der Waals surface area contributed by atoms with Crippen molar-refractivity contribution in [2.45, 2.75) is 30.6 Å². The van der Waals surface area contributed by atoms with Gasteiger partial charge in [0.2, 0.25) is 10.0 Å². The summed E-state index contributed by atoms with van der Waals surface area (Å²) in [5.41, 5.74) is 0.569. The van der Waals surface area contributed by atoms with E-state index in [-0.39, 0.29) is 16.6 Å². The maximum atomic E-state index is 12.9. The first-order chi connectivity index (χ1) is 17.2. The van der Waals surface area contributed by atoms with Crippen LogP contribution in [0.3, 0.4) is 0 Å². The van der Waals surface area contributed by atoms with Gasteiger partial charge in [-0.25, -0.2) is 8.42 Å². The fourth-order valence-corrected chi connectivity index (χ4v) is 6.70. The highest BCUT2D eigenvalue weighted by molar-refractivity contribution is 9.11. The summed E-state index contributed by atoms with van der Waals surface area (Å²) >= 11 is 12.2. The molecule has 4 rings (SSSR count). The first-order valence-corrected chi connectivity index (χ1v) is 14.9. The molecule has 1 saturated heterocycles. The molecule has 3 aromatic carbocycles. The number of nitrogens with one attached hydrogen (secondary N) is 2. The first kappa shape index (κ1) is 27.0. The number of rotatable bonds is 6. The van der Waals surface area contributed by atoms with Gasteiger partial charge in [-0.3, -0.25) is 10.1 Å². The van der Waals surface area contributed by atoms with Crippen LogP contribution in [0.2, 0.25) is 0 Å². The zero-order valence-electron chi connectivity index (χ0n) is 19.3. The number of thiocarbonyl (C=S) groups is 1. The number of hydrogen-bond acceptors (Lipinski definition) is 5. The molecular weight excluding hydrogens is 630 g/mol. The average Bonchev–Trinajstić information content (AvgIpc) is 3.14. The molecule has 0 spiro atoms. The van der Waals surface area contributed by atoms with Gasteiger partial charge in [0.1, 0.15) is 5.75 Å². The number of ether oxygens (including phenoxy) is 1. The third-order valence-electron chi connectivity index (χ3n) is 5.81. The van der Waals surface area contributed by atoms with Crippen molar-refractivity contribution in [3.63, 3.8) is 0 Å². The first-order valence-electron chi connectivity index (χ1n) is 11.5. The molecule has 7 nitrogen and oxygen atoms in total. The molecule has 0 aliphatic carbocycles. The van der Waals surface area contributed by atoms with Crippen LogP contribution in [0.5, 0.6) is 5.75 Å². The van der Waals surface area contributed by atoms with Gasteiger partial charge in [0.25, 0.3) is 5.91 Å². The van der Waals surface area contributed by atoms with E-state index in [0.717, 1.165) is 45.4 Å². The van der Waals surface area contributed by atoms with Crippen LogP contribution in [0.15, 0.2) is 68.4 Å². The smallest absolute Gasteiger partial charge is 0.264 e. The maximum Gasteiger partial charge on any atom is 0.264 e. The van der Waals surface area contributed by atoms with Crippen molar-refractivity contribution >= 4 is 81.6 Å². The van der Waals surface area contributed by atoms with Crippen molar-refractivity contribution in [3.8, 4) is 5.75 Å². The Morgan fingerprint density at radius 3 is 2.36 bits per heavy atom. The van der Waals surface area contributed by atoms with E-state index < -0.39 is 15.9 Å². The highest BCUT2D eigenvalue weighted by atomic mass is 79.9. The molecule has 0 bridgehead atoms. The SMILES string of the molecule is O=C(COc1ccc2cc(Br)ccc2c1Br)NC(=S)Nc1ccc(S(=O)(=O)N2CCCCCC2)cc1. The second-order valence-electron chi connectivity index (χ2n) is 8.38. The highest BCUT2D eigenvalue weighted by Gasteiger charge is 2.25. The van der Waals surface area contributed by atoms with Crippen molar-refractivity contribution in [1.29, 1.82) is 0 Å². The Labute approximate surface area is 232 Å². The van der Waals surface area contributed by atoms with E-state index >= 15 is 0 Å². The van der Waals surface area contributed by atoms with E-state index in [2.05, 4.69) is 42.5 Å². The molecule has 1 heterocycles. The predicted molar refractivity (Wildman–Crippen MR) is 153 cm³/mol. The topological polar surface area (TPSA) is 87.7 Å². The second-order valence-corrected chi connectivity index (χ2v) is 12.4. The lowest BCUT2D eigenvalue weighted by molar-refractivity contribution is -0.121. The Hall–Kier alpha value is -2.05. The molecular formula is C25H25Br2N3O4S2. The summed E-state index contributed by atoms with van der Waals surface area (Å²) < 4.78 is 34.8. The molecule has 36 heavy (non-hydrogen) atoms. The predicted octanol–water partition coefficient (Wildman–Crippen LogP) is 5.82. The molecule has 0 atom stereocenters. The molecule has 1 amide bonds. The summed E-state index contributed by atoms with van der Waals surface area (Å²) in [4.78, 5) is 12.6. The van der Waals surface area contributed by atoms with Crippen LogP contribution in [-0.4, -0.2) is 43.4 Å². The lowest BCUT2D eigenvalue weighted by atomic mass is 10.1. The number of sulfonamides is 1. The molecule has 0 unspecified atom stereocenters. The van der Waals surface area contributed by atoms with Crippen molar-refractivity contribution in [2.75, 3.05) is 25.0 Å². The van der Waals surface area contributed by atoms with E-state index in [4.69, 9.17) is 17.0 Å². The van der Waals surface area contributed by atoms with Crippen LogP contribution in [0.25, 0.3) is 10.8 Å². The Morgan fingerprint density at radius 1 is 0.972 bits per heavy atom. The molecule has 2 N–H and O–H groups in total. The number of anilines is 1. The van der Waals surface area contributed by atoms with Crippen LogP contribution in [-0.2, 0) is 14.8 Å². The van der Waals surface area contributed by atoms with Crippen LogP contribution < -0.4 is 15.4 Å². The average molecular weight is 655 g/mol. The fourth-order valence-electron chi connectivity index (χ4n) is 3.96. The van der Waals surface area contributed by atoms with Gasteiger partial charge in [0, 0.05) is 23.2 Å². The van der Waals surface area contributed by atoms with E-state index in [1.807, 2.05) is 24.3 Å². The van der Waals surface area contributed by atoms with Crippen LogP contribution in [0, 0.1) is 0 Å². The van der Waals surface area contributed by atoms with Gasteiger partial charge >= 0.3 is 0 Å². The molecule has 1 aliphatic heterocycles. The van der Waals surface area contributed by atoms with Crippen molar-refractivity contribution in [3.05, 3.63) is 63.5 Å². The second kappa shape index (κ2) is 12.0. The van der Waals surface area contributed by atoms with Gasteiger partial charge < -0.3 is 10.1 Å². The normalized spacial score (nSPS) is 14.7. The van der Waals surface area contributed by atoms with Gasteiger partial charge in [-0.2, -0.15) is 4.31 Å². The summed E-state index contributed by atoms with van der Waals surface area (Å²) in [7, 11) is -3.52. The number of benzene rings is 3. The number of carbonyl (C=O) groups is 1. The zero-order valence-corrected chi connectivity index (χ0v) is 24.1. The van der Waals surface area contributed by atoms with E-state index in [0.29, 0.717) is 24.5 Å². The van der Waals surface area contributed by atoms with Crippen LogP contribution in [0.1, 0.15) is 25.7 Å². The Kier molecular flexibility index (Phi) is 9.00. The summed E-state index contributed by atoms with van der Waals surface area (Å²) in [5.74, 6) is 0.121. The van der Waals surface area contributed by atoms with Gasteiger partial charge in [0.05, 0.1) is 9.37 Å². The molecule has 190 valence electrons. The molecule has 0 radical (unpaired) electrons. The van der Waals surface area contributed by atoms with Gasteiger partial charge in [-0.05, 0) is 94.2 Å². The van der Waals surface area contributed by atoms with Crippen molar-refractivity contribution in [1.82, 2.24) is 9.62 Å². The molecule has 1 fully saturated rings. The lowest BCUT2D eigenvalue weighted by Crippen LogP contribution is -2.37. The number of amides is 1. The fraction of sp³-hybridized carbons (Fsp3) is 0.280. The number of halogens is 2. The van der Waals surface area contributed by atoms with E-state index in [9.17, 15) is 13.2 Å². The quantitative estimate of drug-likeness (QED) is 0.326. The van der Waals surface area contributed by atoms with Crippen molar-refractivity contribution in [2.24, 2.45) is 0 Å². The Morgan fingerprint density at radius 2 is 1.67 bits per heavy atom. The summed E-state index contributed by atoms with van der Waals surface area (Å²) in [5, 5.41) is 7.57.